The molecule has 0 radical (unpaired) electrons. The summed E-state index contributed by atoms with van der Waals surface area (Å²) < 4.78 is 5.46. The Morgan fingerprint density at radius 2 is 1.80 bits per heavy atom. The predicted octanol–water partition coefficient (Wildman–Crippen LogP) is 0.0131. The monoisotopic (exact) mass is 278 g/mol. The Labute approximate surface area is 118 Å². The van der Waals surface area contributed by atoms with Crippen LogP contribution in [0.25, 0.3) is 0 Å². The van der Waals surface area contributed by atoms with Crippen molar-refractivity contribution in [3.05, 3.63) is 29.8 Å². The molecule has 0 saturated carbocycles. The summed E-state index contributed by atoms with van der Waals surface area (Å²) in [6, 6.07) is 6.34. The average molecular weight is 278 g/mol. The number of hydrogen-bond acceptors (Lipinski definition) is 5. The number of aliphatic carboxylic acids is 2. The van der Waals surface area contributed by atoms with Gasteiger partial charge in [0.15, 0.2) is 0 Å². The number of unbranched alkanes of at least 4 members (excludes halogenated alkanes) is 1. The van der Waals surface area contributed by atoms with Gasteiger partial charge in [-0.1, -0.05) is 25.5 Å². The number of ether oxygens (including phenoxy) is 1. The van der Waals surface area contributed by atoms with E-state index >= 15 is 0 Å². The molecule has 0 bridgehead atoms. The molecule has 1 aromatic rings. The summed E-state index contributed by atoms with van der Waals surface area (Å²) in [4.78, 5) is 21.9. The van der Waals surface area contributed by atoms with Crippen molar-refractivity contribution in [1.29, 1.82) is 0 Å². The van der Waals surface area contributed by atoms with E-state index in [9.17, 15) is 19.8 Å². The Kier molecular flexibility index (Phi) is 5.55. The molecule has 0 aliphatic rings. The SMILES string of the molecule is CCCCOc1ccc([C@](C)(CC(=O)[O-])C(=O)[O-])cc1. The van der Waals surface area contributed by atoms with Crippen LogP contribution >= 0.6 is 0 Å². The summed E-state index contributed by atoms with van der Waals surface area (Å²) in [5.74, 6) is -2.25. The first kappa shape index (κ1) is 16.0. The highest BCUT2D eigenvalue weighted by Crippen LogP contribution is 2.28. The minimum Gasteiger partial charge on any atom is -0.550 e. The van der Waals surface area contributed by atoms with Gasteiger partial charge in [0.25, 0.3) is 0 Å². The third-order valence-corrected chi connectivity index (χ3v) is 3.21. The predicted molar refractivity (Wildman–Crippen MR) is 68.8 cm³/mol. The molecule has 20 heavy (non-hydrogen) atoms. The minimum absolute atomic E-state index is 0.351. The summed E-state index contributed by atoms with van der Waals surface area (Å²) in [5.41, 5.74) is -1.26. The van der Waals surface area contributed by atoms with Crippen LogP contribution in [0.2, 0.25) is 0 Å². The Balaban J connectivity index is 2.88. The molecule has 1 rings (SSSR count). The molecule has 0 heterocycles. The largest absolute Gasteiger partial charge is 0.550 e. The zero-order chi connectivity index (χ0) is 15.2. The fraction of sp³-hybridized carbons (Fsp3) is 0.467. The summed E-state index contributed by atoms with van der Waals surface area (Å²) in [7, 11) is 0. The summed E-state index contributed by atoms with van der Waals surface area (Å²) in [5, 5.41) is 21.9. The summed E-state index contributed by atoms with van der Waals surface area (Å²) >= 11 is 0. The Morgan fingerprint density at radius 1 is 1.20 bits per heavy atom. The molecule has 0 spiro atoms. The Bertz CT molecular complexity index is 466. The summed E-state index contributed by atoms with van der Waals surface area (Å²) in [6.07, 6.45) is 1.32. The number of hydrogen-bond donors (Lipinski definition) is 0. The molecule has 5 heteroatoms. The lowest BCUT2D eigenvalue weighted by Gasteiger charge is -2.31. The zero-order valence-corrected chi connectivity index (χ0v) is 11.7. The van der Waals surface area contributed by atoms with Crippen molar-refractivity contribution in [2.75, 3.05) is 6.61 Å². The van der Waals surface area contributed by atoms with E-state index in [1.807, 2.05) is 0 Å². The smallest absolute Gasteiger partial charge is 0.119 e. The number of carboxylic acids is 2. The van der Waals surface area contributed by atoms with Gasteiger partial charge in [-0.05, 0) is 31.0 Å². The third kappa shape index (κ3) is 3.98. The molecule has 0 N–H and O–H groups in total. The number of carboxylic acid groups (broad SMARTS) is 2. The van der Waals surface area contributed by atoms with Crippen LogP contribution in [0.3, 0.4) is 0 Å². The van der Waals surface area contributed by atoms with Gasteiger partial charge in [-0.3, -0.25) is 0 Å². The van der Waals surface area contributed by atoms with E-state index < -0.39 is 23.8 Å². The van der Waals surface area contributed by atoms with Crippen LogP contribution in [-0.2, 0) is 15.0 Å². The lowest BCUT2D eigenvalue weighted by Crippen LogP contribution is -2.47. The number of carbonyl (C=O) groups excluding carboxylic acids is 2. The minimum atomic E-state index is -1.61. The lowest BCUT2D eigenvalue weighted by atomic mass is 9.79. The molecule has 0 saturated heterocycles. The Morgan fingerprint density at radius 3 is 2.25 bits per heavy atom. The number of benzene rings is 1. The van der Waals surface area contributed by atoms with Gasteiger partial charge in [0.05, 0.1) is 12.6 Å². The van der Waals surface area contributed by atoms with Crippen molar-refractivity contribution >= 4 is 11.9 Å². The van der Waals surface area contributed by atoms with Gasteiger partial charge in [0.1, 0.15) is 5.75 Å². The fourth-order valence-electron chi connectivity index (χ4n) is 1.83. The van der Waals surface area contributed by atoms with E-state index in [0.29, 0.717) is 17.9 Å². The highest BCUT2D eigenvalue weighted by molar-refractivity contribution is 5.84. The van der Waals surface area contributed by atoms with Crippen molar-refractivity contribution in [3.63, 3.8) is 0 Å². The average Bonchev–Trinajstić information content (AvgIpc) is 2.38. The molecule has 0 unspecified atom stereocenters. The topological polar surface area (TPSA) is 89.5 Å². The zero-order valence-electron chi connectivity index (χ0n) is 11.7. The molecule has 0 aliphatic carbocycles. The standard InChI is InChI=1S/C15H20O5/c1-3-4-9-20-12-7-5-11(6-8-12)15(2,14(18)19)10-13(16)17/h5-8H,3-4,9-10H2,1-2H3,(H,16,17)(H,18,19)/p-2/t15-/m0/s1. The van der Waals surface area contributed by atoms with E-state index in [1.54, 1.807) is 24.3 Å². The van der Waals surface area contributed by atoms with E-state index in [4.69, 9.17) is 4.74 Å². The number of rotatable bonds is 8. The van der Waals surface area contributed by atoms with Gasteiger partial charge >= 0.3 is 0 Å². The first-order valence-corrected chi connectivity index (χ1v) is 6.54. The van der Waals surface area contributed by atoms with Crippen LogP contribution in [0, 0.1) is 0 Å². The normalized spacial score (nSPS) is 13.5. The van der Waals surface area contributed by atoms with Crippen molar-refractivity contribution < 1.29 is 24.5 Å². The molecular formula is C15H18O5-2. The quantitative estimate of drug-likeness (QED) is 0.625. The van der Waals surface area contributed by atoms with E-state index in [2.05, 4.69) is 6.92 Å². The van der Waals surface area contributed by atoms with E-state index in [1.165, 1.54) is 6.92 Å². The van der Waals surface area contributed by atoms with E-state index in [-0.39, 0.29) is 0 Å². The van der Waals surface area contributed by atoms with Crippen LogP contribution in [0.5, 0.6) is 5.75 Å². The van der Waals surface area contributed by atoms with Crippen LogP contribution in [0.4, 0.5) is 0 Å². The van der Waals surface area contributed by atoms with Gasteiger partial charge in [-0.25, -0.2) is 0 Å². The first-order valence-electron chi connectivity index (χ1n) is 6.54. The van der Waals surface area contributed by atoms with Crippen molar-refractivity contribution in [2.24, 2.45) is 0 Å². The molecule has 110 valence electrons. The number of carbonyl (C=O) groups is 2. The molecule has 0 aliphatic heterocycles. The van der Waals surface area contributed by atoms with Gasteiger partial charge in [0, 0.05) is 17.8 Å². The second-order valence-electron chi connectivity index (χ2n) is 4.89. The molecule has 1 atom stereocenters. The van der Waals surface area contributed by atoms with Gasteiger partial charge in [-0.2, -0.15) is 0 Å². The van der Waals surface area contributed by atoms with Crippen LogP contribution in [0.15, 0.2) is 24.3 Å². The third-order valence-electron chi connectivity index (χ3n) is 3.21. The second kappa shape index (κ2) is 6.93. The molecular weight excluding hydrogens is 260 g/mol. The van der Waals surface area contributed by atoms with Crippen LogP contribution in [-0.4, -0.2) is 18.5 Å². The van der Waals surface area contributed by atoms with Crippen LogP contribution in [0.1, 0.15) is 38.7 Å². The lowest BCUT2D eigenvalue weighted by molar-refractivity contribution is -0.322. The fourth-order valence-corrected chi connectivity index (χ4v) is 1.83. The van der Waals surface area contributed by atoms with Gasteiger partial charge in [0.2, 0.25) is 0 Å². The maximum Gasteiger partial charge on any atom is 0.119 e. The van der Waals surface area contributed by atoms with Crippen molar-refractivity contribution in [1.82, 2.24) is 0 Å². The summed E-state index contributed by atoms with van der Waals surface area (Å²) in [6.45, 7) is 3.95. The van der Waals surface area contributed by atoms with Crippen molar-refractivity contribution in [2.45, 2.75) is 38.5 Å². The Hall–Kier alpha value is -2.04. The second-order valence-corrected chi connectivity index (χ2v) is 4.89. The molecule has 5 nitrogen and oxygen atoms in total. The molecule has 0 fully saturated rings. The first-order chi connectivity index (χ1) is 9.40. The van der Waals surface area contributed by atoms with Gasteiger partial charge < -0.3 is 24.5 Å². The maximum absolute atomic E-state index is 11.2. The molecule has 0 aromatic heterocycles. The van der Waals surface area contributed by atoms with E-state index in [0.717, 1.165) is 12.8 Å². The molecule has 0 amide bonds. The highest BCUT2D eigenvalue weighted by atomic mass is 16.5. The van der Waals surface area contributed by atoms with Crippen molar-refractivity contribution in [3.8, 4) is 5.75 Å². The van der Waals surface area contributed by atoms with Gasteiger partial charge in [-0.15, -0.1) is 0 Å². The van der Waals surface area contributed by atoms with Crippen LogP contribution < -0.4 is 14.9 Å². The maximum atomic E-state index is 11.2. The molecule has 1 aromatic carbocycles. The highest BCUT2D eigenvalue weighted by Gasteiger charge is 2.28.